The van der Waals surface area contributed by atoms with Crippen LogP contribution in [0.5, 0.6) is 5.75 Å². The van der Waals surface area contributed by atoms with E-state index in [1.807, 2.05) is 0 Å². The summed E-state index contributed by atoms with van der Waals surface area (Å²) >= 11 is 6.27. The lowest BCUT2D eigenvalue weighted by molar-refractivity contribution is 0.415. The monoisotopic (exact) mass is 544 g/mol. The van der Waals surface area contributed by atoms with Crippen LogP contribution in [0.15, 0.2) is 41.4 Å². The third kappa shape index (κ3) is 5.75. The number of benzene rings is 2. The van der Waals surface area contributed by atoms with Crippen molar-refractivity contribution < 1.29 is 28.5 Å². The second kappa shape index (κ2) is 9.73. The van der Waals surface area contributed by atoms with Gasteiger partial charge in [0.25, 0.3) is 0 Å². The molecule has 0 spiro atoms. The predicted octanol–water partition coefficient (Wildman–Crippen LogP) is 4.18. The average molecular weight is 545 g/mol. The molecule has 0 atom stereocenters. The fraction of sp³-hybridized carbons (Fsp3) is 0.273. The third-order valence-corrected chi connectivity index (χ3v) is 7.76. The number of methoxy groups -OCH3 is 1. The second-order valence-electron chi connectivity index (χ2n) is 8.02. The van der Waals surface area contributed by atoms with Crippen LogP contribution in [0.3, 0.4) is 0 Å². The summed E-state index contributed by atoms with van der Waals surface area (Å²) in [5, 5.41) is 8.51. The summed E-state index contributed by atoms with van der Waals surface area (Å²) in [6.45, 7) is 1.22. The Morgan fingerprint density at radius 1 is 1.23 bits per heavy atom. The van der Waals surface area contributed by atoms with Gasteiger partial charge in [0.2, 0.25) is 5.95 Å². The zero-order chi connectivity index (χ0) is 29.7. The molecule has 2 aromatic carbocycles. The van der Waals surface area contributed by atoms with E-state index >= 15 is 0 Å². The Kier molecular flexibility index (Phi) is 5.41. The first-order chi connectivity index (χ1) is 18.3. The molecule has 0 radical (unpaired) electrons. The number of hydrogen-bond donors (Lipinski definition) is 3. The normalized spacial score (nSPS) is 17.7. The van der Waals surface area contributed by atoms with E-state index < -0.39 is 35.8 Å². The lowest BCUT2D eigenvalue weighted by Gasteiger charge is -2.20. The fourth-order valence-corrected chi connectivity index (χ4v) is 5.33. The maximum Gasteiger partial charge on any atom is 0.332 e. The van der Waals surface area contributed by atoms with Crippen LogP contribution in [0.1, 0.15) is 18.0 Å². The minimum absolute atomic E-state index is 0.00188. The van der Waals surface area contributed by atoms with Crippen LogP contribution >= 0.6 is 18.7 Å². The lowest BCUT2D eigenvalue weighted by atomic mass is 10.00. The molecule has 9 nitrogen and oxygen atoms in total. The molecule has 3 N–H and O–H groups in total. The molecule has 0 unspecified atom stereocenters. The van der Waals surface area contributed by atoms with E-state index in [-0.39, 0.29) is 44.8 Å². The molecule has 3 aromatic rings. The third-order valence-electron chi connectivity index (χ3n) is 5.13. The maximum atomic E-state index is 13.6. The molecule has 0 fully saturated rings. The SMILES string of the molecule is [2H]C([2H])([2H])Oc1cc2c(cc1Nc1ncc(Cl)c(Nc3ccc(S(=O)(=O)F)cc3P(C)(C)=O)n1)C([2H])([2H])NCC2. The van der Waals surface area contributed by atoms with Gasteiger partial charge in [-0.2, -0.15) is 13.4 Å². The molecule has 186 valence electrons. The van der Waals surface area contributed by atoms with Gasteiger partial charge in [-0.05, 0) is 67.8 Å². The molecule has 1 aromatic heterocycles. The number of fused-ring (bicyclic) bond motifs is 1. The van der Waals surface area contributed by atoms with E-state index in [9.17, 15) is 16.9 Å². The van der Waals surface area contributed by atoms with Crippen LogP contribution in [-0.2, 0) is 27.7 Å². The Morgan fingerprint density at radius 3 is 2.74 bits per heavy atom. The quantitative estimate of drug-likeness (QED) is 0.297. The summed E-state index contributed by atoms with van der Waals surface area (Å²) in [6.07, 6.45) is 1.67. The zero-order valence-corrected chi connectivity index (χ0v) is 21.0. The number of nitrogens with zero attached hydrogens (tertiary/aromatic N) is 2. The number of hydrogen-bond acceptors (Lipinski definition) is 9. The van der Waals surface area contributed by atoms with Gasteiger partial charge in [0, 0.05) is 14.5 Å². The Balaban J connectivity index is 1.74. The van der Waals surface area contributed by atoms with Crippen LogP contribution < -0.4 is 26.0 Å². The molecule has 35 heavy (non-hydrogen) atoms. The highest BCUT2D eigenvalue weighted by Crippen LogP contribution is 2.40. The molecule has 2 heterocycles. The van der Waals surface area contributed by atoms with E-state index in [1.54, 1.807) is 0 Å². The number of halogens is 2. The van der Waals surface area contributed by atoms with Crippen LogP contribution in [0.2, 0.25) is 5.02 Å². The molecule has 0 bridgehead atoms. The van der Waals surface area contributed by atoms with E-state index in [4.69, 9.17) is 23.2 Å². The first-order valence-corrected chi connectivity index (χ1v) is 14.5. The predicted molar refractivity (Wildman–Crippen MR) is 136 cm³/mol. The van der Waals surface area contributed by atoms with Gasteiger partial charge in [-0.1, -0.05) is 11.6 Å². The Labute approximate surface area is 215 Å². The Bertz CT molecular complexity index is 1640. The van der Waals surface area contributed by atoms with Gasteiger partial charge < -0.3 is 25.3 Å². The highest BCUT2D eigenvalue weighted by molar-refractivity contribution is 7.86. The minimum Gasteiger partial charge on any atom is -0.495 e. The number of nitrogens with one attached hydrogen (secondary N) is 3. The summed E-state index contributed by atoms with van der Waals surface area (Å²) in [5.74, 6) is -0.169. The summed E-state index contributed by atoms with van der Waals surface area (Å²) in [7, 11) is -11.0. The molecule has 0 saturated carbocycles. The van der Waals surface area contributed by atoms with Crippen LogP contribution in [-0.4, -0.2) is 45.3 Å². The highest BCUT2D eigenvalue weighted by Gasteiger charge is 2.22. The minimum atomic E-state index is -5.05. The van der Waals surface area contributed by atoms with Gasteiger partial charge in [-0.15, -0.1) is 3.89 Å². The van der Waals surface area contributed by atoms with Gasteiger partial charge in [0.15, 0.2) is 5.82 Å². The van der Waals surface area contributed by atoms with Gasteiger partial charge in [0.1, 0.15) is 17.9 Å². The first-order valence-electron chi connectivity index (χ1n) is 12.7. The number of anilines is 4. The first kappa shape index (κ1) is 19.5. The molecular weight excluding hydrogens is 516 g/mol. The van der Waals surface area contributed by atoms with Gasteiger partial charge >= 0.3 is 10.2 Å². The molecule has 1 aliphatic rings. The molecular formula is C22H24ClFN5O4PS. The molecule has 13 heteroatoms. The molecule has 4 rings (SSSR count). The largest absolute Gasteiger partial charge is 0.495 e. The van der Waals surface area contributed by atoms with Gasteiger partial charge in [0.05, 0.1) is 33.6 Å². The fourth-order valence-electron chi connectivity index (χ4n) is 3.46. The Morgan fingerprint density at radius 2 is 2.03 bits per heavy atom. The number of ether oxygens (including phenoxy) is 1. The molecule has 0 aliphatic carbocycles. The van der Waals surface area contributed by atoms with E-state index in [0.29, 0.717) is 18.5 Å². The van der Waals surface area contributed by atoms with Crippen molar-refractivity contribution in [1.29, 1.82) is 0 Å². The summed E-state index contributed by atoms with van der Waals surface area (Å²) in [4.78, 5) is 7.73. The van der Waals surface area contributed by atoms with E-state index in [2.05, 4.69) is 25.9 Å². The van der Waals surface area contributed by atoms with Gasteiger partial charge in [-0.3, -0.25) is 0 Å². The van der Waals surface area contributed by atoms with Crippen molar-refractivity contribution in [3.63, 3.8) is 0 Å². The van der Waals surface area contributed by atoms with Gasteiger partial charge in [-0.25, -0.2) is 4.98 Å². The molecule has 1 aliphatic heterocycles. The topological polar surface area (TPSA) is 122 Å². The van der Waals surface area contributed by atoms with Crippen molar-refractivity contribution >= 4 is 57.4 Å². The summed E-state index contributed by atoms with van der Waals surface area (Å²) < 4.78 is 93.6. The smallest absolute Gasteiger partial charge is 0.332 e. The van der Waals surface area contributed by atoms with Crippen LogP contribution in [0.4, 0.5) is 27.0 Å². The highest BCUT2D eigenvalue weighted by atomic mass is 35.5. The molecule has 0 amide bonds. The number of rotatable bonds is 7. The van der Waals surface area contributed by atoms with Crippen LogP contribution in [0.25, 0.3) is 0 Å². The molecule has 0 saturated heterocycles. The van der Waals surface area contributed by atoms with Crippen molar-refractivity contribution in [2.24, 2.45) is 0 Å². The maximum absolute atomic E-state index is 13.6. The second-order valence-corrected chi connectivity index (χ2v) is 13.0. The van der Waals surface area contributed by atoms with Crippen molar-refractivity contribution in [3.8, 4) is 5.75 Å². The van der Waals surface area contributed by atoms with Crippen LogP contribution in [0, 0.1) is 0 Å². The number of aromatic nitrogens is 2. The van der Waals surface area contributed by atoms with E-state index in [0.717, 1.165) is 12.1 Å². The van der Waals surface area contributed by atoms with Crippen molar-refractivity contribution in [2.75, 3.05) is 37.5 Å². The van der Waals surface area contributed by atoms with Crippen molar-refractivity contribution in [2.45, 2.75) is 17.8 Å². The van der Waals surface area contributed by atoms with E-state index in [1.165, 1.54) is 37.7 Å². The lowest BCUT2D eigenvalue weighted by Crippen LogP contribution is -2.23. The summed E-state index contributed by atoms with van der Waals surface area (Å²) in [5.41, 5.74) is 1.08. The Hall–Kier alpha value is -2.72. The zero-order valence-electron chi connectivity index (χ0n) is 23.5. The van der Waals surface area contributed by atoms with Crippen molar-refractivity contribution in [1.82, 2.24) is 15.3 Å². The van der Waals surface area contributed by atoms with Crippen molar-refractivity contribution in [3.05, 3.63) is 52.7 Å². The average Bonchev–Trinajstić information content (AvgIpc) is 2.79. The standard InChI is InChI=1S/C22H24ClFN5O4PS/c1-33-19-9-13-6-7-25-11-14(13)8-18(19)28-22-26-12-16(23)21(29-22)27-17-5-4-15(35(24,31)32)10-20(17)34(2,3)30/h4-5,8-10,12,25H,6-7,11H2,1-3H3,(H2,26,27,28,29)/i1D3,11D2. The summed E-state index contributed by atoms with van der Waals surface area (Å²) in [6, 6.07) is 6.06.